The second kappa shape index (κ2) is 13.2. The molecule has 8 nitrogen and oxygen atoms in total. The number of benzene rings is 1. The molecular weight excluding hydrogens is 410 g/mol. The molecule has 172 valence electrons. The number of amides is 2. The molecule has 1 aromatic heterocycles. The summed E-state index contributed by atoms with van der Waals surface area (Å²) < 4.78 is 10.0. The minimum absolute atomic E-state index is 0.190. The van der Waals surface area contributed by atoms with E-state index in [1.165, 1.54) is 7.11 Å². The molecular formula is C24H31N3O5. The number of ether oxygens (including phenoxy) is 2. The monoisotopic (exact) mass is 441 g/mol. The molecule has 2 amide bonds. The van der Waals surface area contributed by atoms with Crippen molar-refractivity contribution in [3.05, 3.63) is 65.5 Å². The summed E-state index contributed by atoms with van der Waals surface area (Å²) >= 11 is 0. The van der Waals surface area contributed by atoms with E-state index in [0.29, 0.717) is 19.4 Å². The fourth-order valence-corrected chi connectivity index (χ4v) is 3.07. The lowest BCUT2D eigenvalue weighted by Crippen LogP contribution is -2.49. The summed E-state index contributed by atoms with van der Waals surface area (Å²) in [6, 6.07) is 12.6. The van der Waals surface area contributed by atoms with Crippen molar-refractivity contribution in [2.45, 2.75) is 45.3 Å². The third-order valence-corrected chi connectivity index (χ3v) is 4.82. The molecule has 2 aromatic rings. The van der Waals surface area contributed by atoms with Crippen LogP contribution in [0.1, 0.15) is 30.2 Å². The Kier molecular flexibility index (Phi) is 10.3. The predicted octanol–water partition coefficient (Wildman–Crippen LogP) is 1.74. The number of nitrogens with zero attached hydrogens (tertiary/aromatic N) is 1. The van der Waals surface area contributed by atoms with E-state index in [9.17, 15) is 14.4 Å². The van der Waals surface area contributed by atoms with Gasteiger partial charge in [0.25, 0.3) is 0 Å². The van der Waals surface area contributed by atoms with Gasteiger partial charge in [0, 0.05) is 38.4 Å². The number of methoxy groups -OCH3 is 1. The zero-order valence-electron chi connectivity index (χ0n) is 18.8. The molecule has 1 unspecified atom stereocenters. The summed E-state index contributed by atoms with van der Waals surface area (Å²) in [5.41, 5.74) is 2.88. The van der Waals surface area contributed by atoms with Gasteiger partial charge in [-0.25, -0.2) is 4.79 Å². The highest BCUT2D eigenvalue weighted by molar-refractivity contribution is 5.90. The first-order valence-corrected chi connectivity index (χ1v) is 10.6. The van der Waals surface area contributed by atoms with Gasteiger partial charge >= 0.3 is 5.97 Å². The maximum absolute atomic E-state index is 12.9. The number of hydrogen-bond donors (Lipinski definition) is 2. The summed E-state index contributed by atoms with van der Waals surface area (Å²) in [6.07, 6.45) is 1.33. The van der Waals surface area contributed by atoms with Crippen LogP contribution < -0.4 is 10.6 Å². The molecule has 32 heavy (non-hydrogen) atoms. The second-order valence-corrected chi connectivity index (χ2v) is 7.35. The molecule has 0 saturated heterocycles. The molecule has 0 aliphatic carbocycles. The molecule has 1 heterocycles. The van der Waals surface area contributed by atoms with Gasteiger partial charge in [-0.15, -0.1) is 0 Å². The number of nitrogens with one attached hydrogen (secondary N) is 2. The SMILES string of the molecule is CCOC(=O)C(CC(=O)N[C@@H](Cc1ccc(C)cc1)C(=O)NCCc1ccccn1)OC. The summed E-state index contributed by atoms with van der Waals surface area (Å²) in [4.78, 5) is 41.6. The molecule has 0 saturated carbocycles. The van der Waals surface area contributed by atoms with E-state index in [2.05, 4.69) is 15.6 Å². The van der Waals surface area contributed by atoms with Gasteiger partial charge in [-0.3, -0.25) is 14.6 Å². The topological polar surface area (TPSA) is 107 Å². The van der Waals surface area contributed by atoms with E-state index in [0.717, 1.165) is 16.8 Å². The van der Waals surface area contributed by atoms with Crippen LogP contribution in [0.25, 0.3) is 0 Å². The first-order chi connectivity index (χ1) is 15.4. The Hall–Kier alpha value is -3.26. The molecule has 0 bridgehead atoms. The zero-order valence-corrected chi connectivity index (χ0v) is 18.8. The highest BCUT2D eigenvalue weighted by Crippen LogP contribution is 2.08. The maximum atomic E-state index is 12.9. The van der Waals surface area contributed by atoms with Gasteiger partial charge in [0.1, 0.15) is 6.04 Å². The molecule has 0 radical (unpaired) electrons. The predicted molar refractivity (Wildman–Crippen MR) is 120 cm³/mol. The molecule has 0 aliphatic rings. The van der Waals surface area contributed by atoms with Gasteiger partial charge in [-0.05, 0) is 31.5 Å². The van der Waals surface area contributed by atoms with Crippen LogP contribution in [0.4, 0.5) is 0 Å². The van der Waals surface area contributed by atoms with Gasteiger partial charge < -0.3 is 20.1 Å². The molecule has 0 spiro atoms. The Morgan fingerprint density at radius 3 is 2.47 bits per heavy atom. The highest BCUT2D eigenvalue weighted by Gasteiger charge is 2.26. The fraction of sp³-hybridized carbons (Fsp3) is 0.417. The van der Waals surface area contributed by atoms with E-state index < -0.39 is 24.0 Å². The molecule has 2 rings (SSSR count). The van der Waals surface area contributed by atoms with E-state index in [1.54, 1.807) is 13.1 Å². The second-order valence-electron chi connectivity index (χ2n) is 7.35. The standard InChI is InChI=1S/C24H31N3O5/c1-4-32-24(30)21(31-3)16-22(28)27-20(15-18-10-8-17(2)9-11-18)23(29)26-14-12-19-7-5-6-13-25-19/h5-11,13,20-21H,4,12,14-16H2,1-3H3,(H,26,29)(H,27,28)/t20-,21?/m0/s1. The first kappa shape index (κ1) is 25.0. The number of hydrogen-bond acceptors (Lipinski definition) is 6. The zero-order chi connectivity index (χ0) is 23.3. The minimum Gasteiger partial charge on any atom is -0.464 e. The number of esters is 1. The van der Waals surface area contributed by atoms with Crippen molar-refractivity contribution in [2.24, 2.45) is 0 Å². The van der Waals surface area contributed by atoms with Crippen molar-refractivity contribution in [1.29, 1.82) is 0 Å². The van der Waals surface area contributed by atoms with Crippen LogP contribution in [0.3, 0.4) is 0 Å². The molecule has 0 aliphatic heterocycles. The quantitative estimate of drug-likeness (QED) is 0.486. The summed E-state index contributed by atoms with van der Waals surface area (Å²) in [5.74, 6) is -1.39. The average molecular weight is 442 g/mol. The summed E-state index contributed by atoms with van der Waals surface area (Å²) in [5, 5.41) is 5.60. The van der Waals surface area contributed by atoms with Crippen molar-refractivity contribution < 1.29 is 23.9 Å². The number of carbonyl (C=O) groups is 3. The van der Waals surface area contributed by atoms with Crippen LogP contribution >= 0.6 is 0 Å². The van der Waals surface area contributed by atoms with Gasteiger partial charge in [0.15, 0.2) is 6.10 Å². The highest BCUT2D eigenvalue weighted by atomic mass is 16.6. The van der Waals surface area contributed by atoms with E-state index in [-0.39, 0.29) is 18.9 Å². The lowest BCUT2D eigenvalue weighted by Gasteiger charge is -2.20. The van der Waals surface area contributed by atoms with Crippen LogP contribution in [-0.2, 0) is 36.7 Å². The Labute approximate surface area is 188 Å². The fourth-order valence-electron chi connectivity index (χ4n) is 3.07. The Morgan fingerprint density at radius 2 is 1.84 bits per heavy atom. The largest absolute Gasteiger partial charge is 0.464 e. The van der Waals surface area contributed by atoms with Gasteiger partial charge in [-0.2, -0.15) is 0 Å². The number of carbonyl (C=O) groups excluding carboxylic acids is 3. The van der Waals surface area contributed by atoms with Crippen molar-refractivity contribution in [2.75, 3.05) is 20.3 Å². The lowest BCUT2D eigenvalue weighted by molar-refractivity contribution is -0.157. The van der Waals surface area contributed by atoms with E-state index in [4.69, 9.17) is 9.47 Å². The van der Waals surface area contributed by atoms with Crippen LogP contribution in [0.2, 0.25) is 0 Å². The first-order valence-electron chi connectivity index (χ1n) is 10.6. The lowest BCUT2D eigenvalue weighted by atomic mass is 10.0. The van der Waals surface area contributed by atoms with Crippen molar-refractivity contribution in [3.8, 4) is 0 Å². The number of rotatable bonds is 12. The smallest absolute Gasteiger partial charge is 0.335 e. The third kappa shape index (κ3) is 8.47. The third-order valence-electron chi connectivity index (χ3n) is 4.82. The normalized spacial score (nSPS) is 12.5. The Balaban J connectivity index is 2.02. The minimum atomic E-state index is -1.03. The van der Waals surface area contributed by atoms with Crippen molar-refractivity contribution in [1.82, 2.24) is 15.6 Å². The van der Waals surface area contributed by atoms with Gasteiger partial charge in [0.05, 0.1) is 13.0 Å². The van der Waals surface area contributed by atoms with Gasteiger partial charge in [-0.1, -0.05) is 35.9 Å². The van der Waals surface area contributed by atoms with Crippen LogP contribution in [0.5, 0.6) is 0 Å². The van der Waals surface area contributed by atoms with Crippen LogP contribution in [0.15, 0.2) is 48.7 Å². The average Bonchev–Trinajstić information content (AvgIpc) is 2.79. The summed E-state index contributed by atoms with van der Waals surface area (Å²) in [6.45, 7) is 4.24. The van der Waals surface area contributed by atoms with E-state index in [1.807, 2.05) is 49.4 Å². The van der Waals surface area contributed by atoms with Crippen LogP contribution in [0, 0.1) is 6.92 Å². The Morgan fingerprint density at radius 1 is 1.09 bits per heavy atom. The maximum Gasteiger partial charge on any atom is 0.335 e. The molecule has 2 atom stereocenters. The van der Waals surface area contributed by atoms with Gasteiger partial charge in [0.2, 0.25) is 11.8 Å². The molecule has 0 fully saturated rings. The van der Waals surface area contributed by atoms with Crippen LogP contribution in [-0.4, -0.2) is 55.2 Å². The molecule has 8 heteroatoms. The molecule has 1 aromatic carbocycles. The Bertz CT molecular complexity index is 871. The molecule has 2 N–H and O–H groups in total. The number of pyridine rings is 1. The number of aromatic nitrogens is 1. The number of aryl methyl sites for hydroxylation is 1. The summed E-state index contributed by atoms with van der Waals surface area (Å²) in [7, 11) is 1.34. The van der Waals surface area contributed by atoms with Crippen molar-refractivity contribution >= 4 is 17.8 Å². The van der Waals surface area contributed by atoms with E-state index >= 15 is 0 Å². The van der Waals surface area contributed by atoms with Crippen molar-refractivity contribution in [3.63, 3.8) is 0 Å².